The van der Waals surface area contributed by atoms with Crippen LogP contribution in [0.25, 0.3) is 22.3 Å². The van der Waals surface area contributed by atoms with Crippen LogP contribution < -0.4 is 10.3 Å². The lowest BCUT2D eigenvalue weighted by Gasteiger charge is -2.27. The molecular weight excluding hydrogens is 440 g/mol. The van der Waals surface area contributed by atoms with Gasteiger partial charge in [0.25, 0.3) is 5.56 Å². The number of ether oxygens (including phenoxy) is 1. The van der Waals surface area contributed by atoms with E-state index in [2.05, 4.69) is 55.3 Å². The molecule has 3 aromatic heterocycles. The summed E-state index contributed by atoms with van der Waals surface area (Å²) in [5.74, 6) is 1.35. The molecule has 0 aliphatic carbocycles. The third kappa shape index (κ3) is 4.43. The number of nitrogens with zero attached hydrogens (tertiary/aromatic N) is 4. The molecule has 0 atom stereocenters. The zero-order valence-corrected chi connectivity index (χ0v) is 19.1. The first kappa shape index (κ1) is 21.2. The van der Waals surface area contributed by atoms with Gasteiger partial charge < -0.3 is 14.7 Å². The number of aromatic nitrogens is 5. The van der Waals surface area contributed by atoms with Gasteiger partial charge in [0, 0.05) is 54.7 Å². The molecule has 8 nitrogen and oxygen atoms in total. The summed E-state index contributed by atoms with van der Waals surface area (Å²) in [6.45, 7) is 2.68. The summed E-state index contributed by atoms with van der Waals surface area (Å²) in [5.41, 5.74) is 5.59. The number of benzene rings is 2. The maximum Gasteiger partial charge on any atom is 0.254 e. The Kier molecular flexibility index (Phi) is 5.56. The molecule has 0 saturated carbocycles. The maximum absolute atomic E-state index is 12.7. The quantitative estimate of drug-likeness (QED) is 0.396. The van der Waals surface area contributed by atoms with Gasteiger partial charge in [0.2, 0.25) is 0 Å². The standard InChI is InChI=1S/C27H24N6O2/c34-27-22-8-9-33(15-25(22)31-26(32-27)19-11-28-17-29-12-19)14-20-13-30-24-7-6-21(10-23(20)24)35-16-18-4-2-1-3-5-18/h1-7,10-13,17,30H,8-9,14-16H2,(H,31,32,34). The predicted octanol–water partition coefficient (Wildman–Crippen LogP) is 3.85. The van der Waals surface area contributed by atoms with E-state index in [1.54, 1.807) is 12.4 Å². The summed E-state index contributed by atoms with van der Waals surface area (Å²) in [7, 11) is 0. The molecule has 2 aromatic carbocycles. The number of fused-ring (bicyclic) bond motifs is 2. The van der Waals surface area contributed by atoms with E-state index in [1.165, 1.54) is 11.9 Å². The number of hydrogen-bond donors (Lipinski definition) is 2. The number of nitrogens with one attached hydrogen (secondary N) is 2. The zero-order valence-electron chi connectivity index (χ0n) is 19.1. The summed E-state index contributed by atoms with van der Waals surface area (Å²) in [6.07, 6.45) is 7.49. The highest BCUT2D eigenvalue weighted by Crippen LogP contribution is 2.27. The third-order valence-corrected chi connectivity index (χ3v) is 6.37. The van der Waals surface area contributed by atoms with Gasteiger partial charge in [-0.3, -0.25) is 9.69 Å². The van der Waals surface area contributed by atoms with Gasteiger partial charge >= 0.3 is 0 Å². The second kappa shape index (κ2) is 9.15. The van der Waals surface area contributed by atoms with Crippen LogP contribution in [-0.2, 0) is 26.1 Å². The molecule has 0 amide bonds. The lowest BCUT2D eigenvalue weighted by atomic mass is 10.0. The monoisotopic (exact) mass is 464 g/mol. The maximum atomic E-state index is 12.7. The number of aromatic amines is 2. The van der Waals surface area contributed by atoms with E-state index < -0.39 is 0 Å². The second-order valence-electron chi connectivity index (χ2n) is 8.72. The molecule has 1 aliphatic heterocycles. The number of hydrogen-bond acceptors (Lipinski definition) is 6. The van der Waals surface area contributed by atoms with Crippen LogP contribution >= 0.6 is 0 Å². The third-order valence-electron chi connectivity index (χ3n) is 6.37. The molecule has 0 fully saturated rings. The Morgan fingerprint density at radius 1 is 1.06 bits per heavy atom. The van der Waals surface area contributed by atoms with Crippen molar-refractivity contribution < 1.29 is 4.74 Å². The zero-order chi connectivity index (χ0) is 23.6. The van der Waals surface area contributed by atoms with E-state index in [9.17, 15) is 4.79 Å². The highest BCUT2D eigenvalue weighted by molar-refractivity contribution is 5.84. The van der Waals surface area contributed by atoms with E-state index in [4.69, 9.17) is 9.72 Å². The fourth-order valence-electron chi connectivity index (χ4n) is 4.55. The highest BCUT2D eigenvalue weighted by Gasteiger charge is 2.22. The molecule has 0 spiro atoms. The van der Waals surface area contributed by atoms with E-state index >= 15 is 0 Å². The SMILES string of the molecule is O=c1[nH]c(-c2cncnc2)nc2c1CCN(Cc1c[nH]c3ccc(OCc4ccccc4)cc13)C2. The van der Waals surface area contributed by atoms with Gasteiger partial charge in [-0.1, -0.05) is 30.3 Å². The van der Waals surface area contributed by atoms with Gasteiger partial charge in [0.05, 0.1) is 11.3 Å². The molecule has 5 aromatic rings. The lowest BCUT2D eigenvalue weighted by Crippen LogP contribution is -2.35. The van der Waals surface area contributed by atoms with Crippen LogP contribution in [0, 0.1) is 0 Å². The Morgan fingerprint density at radius 2 is 1.91 bits per heavy atom. The minimum absolute atomic E-state index is 0.0826. The molecule has 0 bridgehead atoms. The van der Waals surface area contributed by atoms with Crippen molar-refractivity contribution in [2.45, 2.75) is 26.1 Å². The molecule has 8 heteroatoms. The topological polar surface area (TPSA) is 99.8 Å². The van der Waals surface area contributed by atoms with Crippen molar-refractivity contribution >= 4 is 10.9 Å². The predicted molar refractivity (Wildman–Crippen MR) is 133 cm³/mol. The van der Waals surface area contributed by atoms with Crippen LogP contribution in [0.1, 0.15) is 22.4 Å². The minimum Gasteiger partial charge on any atom is -0.489 e. The van der Waals surface area contributed by atoms with Crippen molar-refractivity contribution in [3.05, 3.63) is 106 Å². The van der Waals surface area contributed by atoms with Crippen LogP contribution in [0.15, 0.2) is 78.2 Å². The summed E-state index contributed by atoms with van der Waals surface area (Å²) in [5, 5.41) is 1.14. The minimum atomic E-state index is -0.0826. The van der Waals surface area contributed by atoms with Gasteiger partial charge in [-0.25, -0.2) is 15.0 Å². The Balaban J connectivity index is 1.21. The van der Waals surface area contributed by atoms with E-state index in [-0.39, 0.29) is 5.56 Å². The molecule has 1 aliphatic rings. The van der Waals surface area contributed by atoms with Gasteiger partial charge in [0.1, 0.15) is 24.5 Å². The highest BCUT2D eigenvalue weighted by atomic mass is 16.5. The normalized spacial score (nSPS) is 13.6. The second-order valence-corrected chi connectivity index (χ2v) is 8.72. The van der Waals surface area contributed by atoms with Gasteiger partial charge in [0.15, 0.2) is 0 Å². The van der Waals surface area contributed by atoms with Crippen LogP contribution in [0.3, 0.4) is 0 Å². The van der Waals surface area contributed by atoms with Gasteiger partial charge in [-0.15, -0.1) is 0 Å². The Bertz CT molecular complexity index is 1530. The average molecular weight is 465 g/mol. The molecule has 6 rings (SSSR count). The first-order valence-electron chi connectivity index (χ1n) is 11.6. The van der Waals surface area contributed by atoms with Crippen molar-refractivity contribution in [1.29, 1.82) is 0 Å². The van der Waals surface area contributed by atoms with Crippen molar-refractivity contribution in [3.63, 3.8) is 0 Å². The molecular formula is C27H24N6O2. The van der Waals surface area contributed by atoms with Crippen LogP contribution in [0.5, 0.6) is 5.75 Å². The van der Waals surface area contributed by atoms with E-state index in [1.807, 2.05) is 24.3 Å². The van der Waals surface area contributed by atoms with E-state index in [0.717, 1.165) is 46.6 Å². The Hall–Kier alpha value is -4.30. The number of H-pyrrole nitrogens is 2. The summed E-state index contributed by atoms with van der Waals surface area (Å²) in [6, 6.07) is 16.3. The van der Waals surface area contributed by atoms with Gasteiger partial charge in [-0.05, 0) is 35.7 Å². The molecule has 4 heterocycles. The summed E-state index contributed by atoms with van der Waals surface area (Å²) in [4.78, 5) is 34.1. The van der Waals surface area contributed by atoms with E-state index in [0.29, 0.717) is 31.0 Å². The molecule has 0 saturated heterocycles. The van der Waals surface area contributed by atoms with Crippen molar-refractivity contribution in [2.24, 2.45) is 0 Å². The van der Waals surface area contributed by atoms with Crippen molar-refractivity contribution in [2.75, 3.05) is 6.54 Å². The molecule has 0 radical (unpaired) electrons. The van der Waals surface area contributed by atoms with Gasteiger partial charge in [-0.2, -0.15) is 0 Å². The largest absolute Gasteiger partial charge is 0.489 e. The molecule has 35 heavy (non-hydrogen) atoms. The van der Waals surface area contributed by atoms with Crippen molar-refractivity contribution in [1.82, 2.24) is 29.8 Å². The molecule has 174 valence electrons. The molecule has 2 N–H and O–H groups in total. The first-order valence-corrected chi connectivity index (χ1v) is 11.6. The molecule has 0 unspecified atom stereocenters. The smallest absolute Gasteiger partial charge is 0.254 e. The van der Waals surface area contributed by atoms with Crippen molar-refractivity contribution in [3.8, 4) is 17.1 Å². The fraction of sp³-hybridized carbons (Fsp3) is 0.185. The lowest BCUT2D eigenvalue weighted by molar-refractivity contribution is 0.241. The average Bonchev–Trinajstić information content (AvgIpc) is 3.30. The first-order chi connectivity index (χ1) is 17.2. The van der Waals surface area contributed by atoms with Crippen LogP contribution in [-0.4, -0.2) is 36.4 Å². The summed E-state index contributed by atoms with van der Waals surface area (Å²) < 4.78 is 6.04. The van der Waals surface area contributed by atoms with Crippen LogP contribution in [0.2, 0.25) is 0 Å². The Morgan fingerprint density at radius 3 is 2.77 bits per heavy atom. The summed E-state index contributed by atoms with van der Waals surface area (Å²) >= 11 is 0. The Labute approximate surface area is 201 Å². The number of rotatable bonds is 6. The fourth-order valence-corrected chi connectivity index (χ4v) is 4.55. The van der Waals surface area contributed by atoms with Crippen LogP contribution in [0.4, 0.5) is 0 Å².